The number of hydrogen-bond acceptors (Lipinski definition) is 7. The van der Waals surface area contributed by atoms with Crippen molar-refractivity contribution < 1.29 is 18.7 Å². The molecule has 0 N–H and O–H groups in total. The fourth-order valence-electron chi connectivity index (χ4n) is 4.50. The van der Waals surface area contributed by atoms with Crippen LogP contribution >= 0.6 is 48.8 Å². The molecule has 2 aliphatic rings. The molecule has 3 aromatic rings. The Morgan fingerprint density at radius 2 is 1.45 bits per heavy atom. The van der Waals surface area contributed by atoms with Crippen molar-refractivity contribution in [3.63, 3.8) is 0 Å². The van der Waals surface area contributed by atoms with E-state index in [0.717, 1.165) is 62.6 Å². The van der Waals surface area contributed by atoms with Crippen molar-refractivity contribution in [3.05, 3.63) is 89.1 Å². The van der Waals surface area contributed by atoms with Gasteiger partial charge >= 0.3 is 0 Å². The molecular formula is C31H34Cl2FN3O3S2. The summed E-state index contributed by atoms with van der Waals surface area (Å²) in [7, 11) is 2.17. The van der Waals surface area contributed by atoms with Gasteiger partial charge in [-0.2, -0.15) is 0 Å². The highest BCUT2D eigenvalue weighted by atomic mass is 35.5. The number of unbranched alkanes of at least 4 members (excludes halogenated alkanes) is 1. The van der Waals surface area contributed by atoms with E-state index >= 15 is 0 Å². The molecule has 2 heterocycles. The average Bonchev–Trinajstić information content (AvgIpc) is 3.24. The summed E-state index contributed by atoms with van der Waals surface area (Å²) in [6, 6.07) is 20.7. The smallest absolute Gasteiger partial charge is 0.270 e. The number of hydrogen-bond donors (Lipinski definition) is 0. The van der Waals surface area contributed by atoms with Crippen molar-refractivity contribution in [1.29, 1.82) is 0 Å². The lowest BCUT2D eigenvalue weighted by atomic mass is 10.2. The van der Waals surface area contributed by atoms with Crippen LogP contribution in [0.4, 0.5) is 10.1 Å². The number of thioether (sulfide) groups is 1. The average molecular weight is 651 g/mol. The third-order valence-electron chi connectivity index (χ3n) is 6.85. The number of anilines is 1. The van der Waals surface area contributed by atoms with Crippen molar-refractivity contribution in [2.24, 2.45) is 0 Å². The molecule has 2 saturated heterocycles. The molecule has 2 fully saturated rings. The van der Waals surface area contributed by atoms with Crippen LogP contribution in [0.2, 0.25) is 0 Å². The molecule has 5 rings (SSSR count). The Balaban J connectivity index is 0.00000242. The van der Waals surface area contributed by atoms with Crippen molar-refractivity contribution >= 4 is 70.8 Å². The van der Waals surface area contributed by atoms with E-state index in [4.69, 9.17) is 21.7 Å². The van der Waals surface area contributed by atoms with Crippen molar-refractivity contribution in [3.8, 4) is 17.2 Å². The highest BCUT2D eigenvalue weighted by Crippen LogP contribution is 2.36. The van der Waals surface area contributed by atoms with Gasteiger partial charge in [-0.15, -0.1) is 24.8 Å². The first kappa shape index (κ1) is 33.8. The molecule has 0 atom stereocenters. The summed E-state index contributed by atoms with van der Waals surface area (Å²) >= 11 is 6.81. The van der Waals surface area contributed by atoms with E-state index in [2.05, 4.69) is 16.8 Å². The number of carbonyl (C=O) groups is 1. The largest absolute Gasteiger partial charge is 0.494 e. The third kappa shape index (κ3) is 9.17. The molecule has 0 unspecified atom stereocenters. The molecule has 0 radical (unpaired) electrons. The number of thiocarbonyl (C=S) groups is 1. The molecule has 1 amide bonds. The molecule has 11 heteroatoms. The minimum absolute atomic E-state index is 0. The van der Waals surface area contributed by atoms with Gasteiger partial charge in [0.1, 0.15) is 23.1 Å². The zero-order valence-electron chi connectivity index (χ0n) is 23.2. The number of nitrogens with zero attached hydrogens (tertiary/aromatic N) is 3. The Bertz CT molecular complexity index is 1350. The number of benzene rings is 3. The van der Waals surface area contributed by atoms with Gasteiger partial charge in [-0.05, 0) is 98.7 Å². The van der Waals surface area contributed by atoms with Gasteiger partial charge in [0, 0.05) is 26.2 Å². The predicted octanol–water partition coefficient (Wildman–Crippen LogP) is 7.27. The normalized spacial score (nSPS) is 16.7. The minimum Gasteiger partial charge on any atom is -0.494 e. The molecule has 224 valence electrons. The van der Waals surface area contributed by atoms with Crippen LogP contribution in [0.1, 0.15) is 18.4 Å². The summed E-state index contributed by atoms with van der Waals surface area (Å²) in [6.07, 6.45) is 3.95. The molecule has 2 aliphatic heterocycles. The lowest BCUT2D eigenvalue weighted by molar-refractivity contribution is -0.113. The summed E-state index contributed by atoms with van der Waals surface area (Å²) in [5, 5.41) is 0. The maximum Gasteiger partial charge on any atom is 0.270 e. The minimum atomic E-state index is -0.313. The molecule has 0 spiro atoms. The maximum absolute atomic E-state index is 13.2. The zero-order chi connectivity index (χ0) is 27.9. The van der Waals surface area contributed by atoms with E-state index < -0.39 is 0 Å². The van der Waals surface area contributed by atoms with E-state index in [1.807, 2.05) is 42.5 Å². The van der Waals surface area contributed by atoms with Crippen LogP contribution < -0.4 is 14.4 Å². The number of rotatable bonds is 10. The lowest BCUT2D eigenvalue weighted by Gasteiger charge is -2.32. The molecule has 3 aromatic carbocycles. The monoisotopic (exact) mass is 649 g/mol. The fourth-order valence-corrected chi connectivity index (χ4v) is 5.80. The van der Waals surface area contributed by atoms with Gasteiger partial charge in [-0.25, -0.2) is 4.39 Å². The van der Waals surface area contributed by atoms with E-state index in [1.54, 1.807) is 29.2 Å². The lowest BCUT2D eigenvalue weighted by Crippen LogP contribution is -2.44. The third-order valence-corrected chi connectivity index (χ3v) is 8.15. The van der Waals surface area contributed by atoms with Gasteiger partial charge in [0.05, 0.1) is 17.2 Å². The van der Waals surface area contributed by atoms with Gasteiger partial charge in [-0.1, -0.05) is 36.1 Å². The number of halogens is 3. The van der Waals surface area contributed by atoms with Gasteiger partial charge in [0.15, 0.2) is 4.32 Å². The summed E-state index contributed by atoms with van der Waals surface area (Å²) in [4.78, 5) is 20.2. The quantitative estimate of drug-likeness (QED) is 0.130. The number of amides is 1. The van der Waals surface area contributed by atoms with Crippen LogP contribution in [0.3, 0.4) is 0 Å². The first-order valence-corrected chi connectivity index (χ1v) is 14.6. The van der Waals surface area contributed by atoms with E-state index in [1.165, 1.54) is 23.9 Å². The fraction of sp³-hybridized carbons (Fsp3) is 0.290. The zero-order valence-corrected chi connectivity index (χ0v) is 26.5. The van der Waals surface area contributed by atoms with Crippen LogP contribution in [0, 0.1) is 5.82 Å². The second-order valence-corrected chi connectivity index (χ2v) is 11.5. The van der Waals surface area contributed by atoms with Gasteiger partial charge in [0.25, 0.3) is 5.91 Å². The molecule has 0 saturated carbocycles. The second-order valence-electron chi connectivity index (χ2n) is 9.84. The molecule has 0 bridgehead atoms. The standard InChI is InChI=1S/C31H32FN3O3S2.2ClH/c1-33-17-19-34(20-18-33)16-2-3-21-37-26-14-8-25(9-15-26)35-30(36)29(40-31(35)39)22-23-4-10-27(11-5-23)38-28-12-6-24(32)7-13-28;;/h4-15,22H,2-3,16-21H2,1H3;2*1H/b29-22-;;. The van der Waals surface area contributed by atoms with Crippen LogP contribution in [-0.2, 0) is 4.79 Å². The molecule has 6 nitrogen and oxygen atoms in total. The van der Waals surface area contributed by atoms with Crippen molar-refractivity contribution in [1.82, 2.24) is 9.80 Å². The summed E-state index contributed by atoms with van der Waals surface area (Å²) in [5.74, 6) is 1.49. The summed E-state index contributed by atoms with van der Waals surface area (Å²) in [5.41, 5.74) is 1.57. The molecule has 0 aliphatic carbocycles. The topological polar surface area (TPSA) is 45.2 Å². The summed E-state index contributed by atoms with van der Waals surface area (Å²) < 4.78 is 25.3. The number of ether oxygens (including phenoxy) is 2. The van der Waals surface area contributed by atoms with E-state index in [0.29, 0.717) is 27.3 Å². The first-order valence-electron chi connectivity index (χ1n) is 13.4. The van der Waals surface area contributed by atoms with Crippen molar-refractivity contribution in [2.75, 3.05) is 51.3 Å². The van der Waals surface area contributed by atoms with Gasteiger partial charge < -0.3 is 19.3 Å². The maximum atomic E-state index is 13.2. The predicted molar refractivity (Wildman–Crippen MR) is 178 cm³/mol. The Morgan fingerprint density at radius 1 is 0.857 bits per heavy atom. The van der Waals surface area contributed by atoms with Crippen LogP contribution in [-0.4, -0.2) is 66.4 Å². The van der Waals surface area contributed by atoms with E-state index in [9.17, 15) is 9.18 Å². The van der Waals surface area contributed by atoms with E-state index in [-0.39, 0.29) is 36.5 Å². The Morgan fingerprint density at radius 3 is 2.10 bits per heavy atom. The molecular weight excluding hydrogens is 616 g/mol. The van der Waals surface area contributed by atoms with Gasteiger partial charge in [-0.3, -0.25) is 9.69 Å². The van der Waals surface area contributed by atoms with Crippen LogP contribution in [0.15, 0.2) is 77.7 Å². The molecule has 42 heavy (non-hydrogen) atoms. The highest BCUT2D eigenvalue weighted by Gasteiger charge is 2.33. The molecule has 0 aromatic heterocycles. The Labute approximate surface area is 268 Å². The first-order chi connectivity index (χ1) is 19.4. The van der Waals surface area contributed by atoms with Gasteiger partial charge in [0.2, 0.25) is 0 Å². The van der Waals surface area contributed by atoms with Crippen LogP contribution in [0.5, 0.6) is 17.2 Å². The number of likely N-dealkylation sites (N-methyl/N-ethyl adjacent to an activating group) is 1. The number of piperazine rings is 1. The number of carbonyl (C=O) groups excluding carboxylic acids is 1. The van der Waals surface area contributed by atoms with Crippen molar-refractivity contribution in [2.45, 2.75) is 12.8 Å². The highest BCUT2D eigenvalue weighted by molar-refractivity contribution is 8.27. The van der Waals surface area contributed by atoms with Crippen LogP contribution in [0.25, 0.3) is 6.08 Å². The Hall–Kier alpha value is -2.66. The second kappa shape index (κ2) is 16.3. The summed E-state index contributed by atoms with van der Waals surface area (Å²) in [6.45, 7) is 6.36. The Kier molecular flexibility index (Phi) is 13.1. The SMILES string of the molecule is CN1CCN(CCCCOc2ccc(N3C(=O)/C(=C/c4ccc(Oc5ccc(F)cc5)cc4)SC3=S)cc2)CC1.Cl.Cl.